The molecule has 24 heavy (non-hydrogen) atoms. The van der Waals surface area contributed by atoms with Crippen LogP contribution in [-0.2, 0) is 4.79 Å². The standard InChI is InChI=1S/C18H25N3O3/c1-13-11-15(24-2)7-8-16(13)19-18(23)20-9-10-21(17(22)12-20)14-5-3-4-6-14/h7-8,11,14H,3-6,9-10,12H2,1-2H3,(H,19,23). The second-order valence-electron chi connectivity index (χ2n) is 6.56. The summed E-state index contributed by atoms with van der Waals surface area (Å²) in [7, 11) is 1.61. The molecule has 1 saturated heterocycles. The normalized spacial score (nSPS) is 18.8. The lowest BCUT2D eigenvalue weighted by Gasteiger charge is -2.37. The Kier molecular flexibility index (Phi) is 4.92. The highest BCUT2D eigenvalue weighted by molar-refractivity contribution is 5.93. The molecule has 3 amide bonds. The molecule has 2 aliphatic rings. The number of hydrogen-bond acceptors (Lipinski definition) is 3. The molecule has 1 N–H and O–H groups in total. The number of urea groups is 1. The van der Waals surface area contributed by atoms with Crippen molar-refractivity contribution in [2.45, 2.75) is 38.6 Å². The maximum Gasteiger partial charge on any atom is 0.322 e. The maximum absolute atomic E-state index is 12.5. The van der Waals surface area contributed by atoms with E-state index >= 15 is 0 Å². The van der Waals surface area contributed by atoms with Crippen LogP contribution >= 0.6 is 0 Å². The second-order valence-corrected chi connectivity index (χ2v) is 6.56. The number of carbonyl (C=O) groups is 2. The number of nitrogens with one attached hydrogen (secondary N) is 1. The predicted octanol–water partition coefficient (Wildman–Crippen LogP) is 2.62. The third-order valence-electron chi connectivity index (χ3n) is 4.99. The number of methoxy groups -OCH3 is 1. The molecule has 6 heteroatoms. The molecule has 2 fully saturated rings. The number of piperazine rings is 1. The van der Waals surface area contributed by atoms with Crippen LogP contribution in [0.2, 0.25) is 0 Å². The first-order valence-electron chi connectivity index (χ1n) is 8.58. The van der Waals surface area contributed by atoms with Crippen LogP contribution in [0.3, 0.4) is 0 Å². The Bertz CT molecular complexity index is 626. The first kappa shape index (κ1) is 16.6. The van der Waals surface area contributed by atoms with E-state index in [1.54, 1.807) is 12.0 Å². The van der Waals surface area contributed by atoms with Gasteiger partial charge in [0.25, 0.3) is 0 Å². The number of hydrogen-bond donors (Lipinski definition) is 1. The minimum Gasteiger partial charge on any atom is -0.497 e. The highest BCUT2D eigenvalue weighted by Crippen LogP contribution is 2.25. The Labute approximate surface area is 142 Å². The first-order valence-corrected chi connectivity index (χ1v) is 8.58. The molecule has 1 heterocycles. The van der Waals surface area contributed by atoms with E-state index in [1.165, 1.54) is 12.8 Å². The van der Waals surface area contributed by atoms with Gasteiger partial charge in [-0.2, -0.15) is 0 Å². The van der Waals surface area contributed by atoms with Gasteiger partial charge in [0.2, 0.25) is 5.91 Å². The molecule has 1 aromatic carbocycles. The molecule has 0 radical (unpaired) electrons. The zero-order chi connectivity index (χ0) is 17.1. The van der Waals surface area contributed by atoms with Gasteiger partial charge in [-0.15, -0.1) is 0 Å². The summed E-state index contributed by atoms with van der Waals surface area (Å²) in [5.41, 5.74) is 1.67. The van der Waals surface area contributed by atoms with Gasteiger partial charge >= 0.3 is 6.03 Å². The van der Waals surface area contributed by atoms with Crippen molar-refractivity contribution in [2.24, 2.45) is 0 Å². The lowest BCUT2D eigenvalue weighted by atomic mass is 10.1. The van der Waals surface area contributed by atoms with Crippen LogP contribution in [0.1, 0.15) is 31.2 Å². The zero-order valence-electron chi connectivity index (χ0n) is 14.4. The van der Waals surface area contributed by atoms with E-state index in [2.05, 4.69) is 5.32 Å². The van der Waals surface area contributed by atoms with Gasteiger partial charge in [-0.05, 0) is 43.5 Å². The number of ether oxygens (including phenoxy) is 1. The molecule has 1 aliphatic heterocycles. The van der Waals surface area contributed by atoms with Crippen LogP contribution in [0.25, 0.3) is 0 Å². The van der Waals surface area contributed by atoms with Crippen molar-refractivity contribution in [1.29, 1.82) is 0 Å². The van der Waals surface area contributed by atoms with Crippen molar-refractivity contribution >= 4 is 17.6 Å². The van der Waals surface area contributed by atoms with E-state index in [0.717, 1.165) is 29.8 Å². The van der Waals surface area contributed by atoms with E-state index in [0.29, 0.717) is 19.1 Å². The van der Waals surface area contributed by atoms with E-state index in [1.807, 2.05) is 30.0 Å². The quantitative estimate of drug-likeness (QED) is 0.926. The minimum absolute atomic E-state index is 0.0646. The average molecular weight is 331 g/mol. The summed E-state index contributed by atoms with van der Waals surface area (Å²) in [6.45, 7) is 3.31. The summed E-state index contributed by atoms with van der Waals surface area (Å²) in [6, 6.07) is 5.67. The Morgan fingerprint density at radius 2 is 2.00 bits per heavy atom. The number of aryl methyl sites for hydroxylation is 1. The molecule has 0 unspecified atom stereocenters. The monoisotopic (exact) mass is 331 g/mol. The Hall–Kier alpha value is -2.24. The molecule has 1 saturated carbocycles. The van der Waals surface area contributed by atoms with Crippen molar-refractivity contribution in [2.75, 3.05) is 32.1 Å². The van der Waals surface area contributed by atoms with Crippen molar-refractivity contribution < 1.29 is 14.3 Å². The number of benzene rings is 1. The fraction of sp³-hybridized carbons (Fsp3) is 0.556. The number of anilines is 1. The minimum atomic E-state index is -0.220. The Balaban J connectivity index is 1.59. The zero-order valence-corrected chi connectivity index (χ0v) is 14.4. The number of carbonyl (C=O) groups excluding carboxylic acids is 2. The molecule has 3 rings (SSSR count). The summed E-state index contributed by atoms with van der Waals surface area (Å²) in [5, 5.41) is 2.90. The van der Waals surface area contributed by atoms with Gasteiger partial charge in [0.15, 0.2) is 0 Å². The van der Waals surface area contributed by atoms with Crippen LogP contribution in [0.4, 0.5) is 10.5 Å². The molecule has 1 aromatic rings. The van der Waals surface area contributed by atoms with Crippen LogP contribution in [-0.4, -0.2) is 54.5 Å². The van der Waals surface area contributed by atoms with E-state index < -0.39 is 0 Å². The van der Waals surface area contributed by atoms with Gasteiger partial charge in [-0.25, -0.2) is 4.79 Å². The summed E-state index contributed by atoms with van der Waals surface area (Å²) in [4.78, 5) is 28.4. The van der Waals surface area contributed by atoms with Crippen LogP contribution < -0.4 is 10.1 Å². The topological polar surface area (TPSA) is 61.9 Å². The van der Waals surface area contributed by atoms with Crippen molar-refractivity contribution in [3.63, 3.8) is 0 Å². The lowest BCUT2D eigenvalue weighted by Crippen LogP contribution is -2.55. The van der Waals surface area contributed by atoms with Gasteiger partial charge in [0.05, 0.1) is 7.11 Å². The van der Waals surface area contributed by atoms with Crippen molar-refractivity contribution in [3.05, 3.63) is 23.8 Å². The van der Waals surface area contributed by atoms with Gasteiger partial charge in [0.1, 0.15) is 12.3 Å². The Morgan fingerprint density at radius 3 is 2.62 bits per heavy atom. The van der Waals surface area contributed by atoms with E-state index in [4.69, 9.17) is 4.74 Å². The lowest BCUT2D eigenvalue weighted by molar-refractivity contribution is -0.137. The number of nitrogens with zero attached hydrogens (tertiary/aromatic N) is 2. The molecule has 0 aromatic heterocycles. The highest BCUT2D eigenvalue weighted by Gasteiger charge is 2.32. The number of rotatable bonds is 3. The fourth-order valence-corrected chi connectivity index (χ4v) is 3.56. The summed E-state index contributed by atoms with van der Waals surface area (Å²) < 4.78 is 5.17. The summed E-state index contributed by atoms with van der Waals surface area (Å²) >= 11 is 0. The van der Waals surface area contributed by atoms with E-state index in [-0.39, 0.29) is 18.5 Å². The summed E-state index contributed by atoms with van der Waals surface area (Å²) in [6.07, 6.45) is 4.61. The Morgan fingerprint density at radius 1 is 1.25 bits per heavy atom. The van der Waals surface area contributed by atoms with Gasteiger partial charge in [-0.1, -0.05) is 12.8 Å². The van der Waals surface area contributed by atoms with Crippen molar-refractivity contribution in [3.8, 4) is 5.75 Å². The predicted molar refractivity (Wildman–Crippen MR) is 92.3 cm³/mol. The van der Waals surface area contributed by atoms with Crippen LogP contribution in [0.5, 0.6) is 5.75 Å². The molecule has 0 bridgehead atoms. The smallest absolute Gasteiger partial charge is 0.322 e. The van der Waals surface area contributed by atoms with Crippen LogP contribution in [0.15, 0.2) is 18.2 Å². The SMILES string of the molecule is COc1ccc(NC(=O)N2CCN(C3CCCC3)C(=O)C2)c(C)c1. The molecular weight excluding hydrogens is 306 g/mol. The first-order chi connectivity index (χ1) is 11.6. The third kappa shape index (κ3) is 3.47. The van der Waals surface area contributed by atoms with E-state index in [9.17, 15) is 9.59 Å². The second kappa shape index (κ2) is 7.11. The van der Waals surface area contributed by atoms with Crippen LogP contribution in [0, 0.1) is 6.92 Å². The third-order valence-corrected chi connectivity index (χ3v) is 4.99. The van der Waals surface area contributed by atoms with Gasteiger partial charge in [-0.3, -0.25) is 4.79 Å². The molecule has 0 atom stereocenters. The average Bonchev–Trinajstić information content (AvgIpc) is 3.10. The largest absolute Gasteiger partial charge is 0.497 e. The molecule has 0 spiro atoms. The summed E-state index contributed by atoms with van der Waals surface area (Å²) in [5.74, 6) is 0.820. The maximum atomic E-state index is 12.5. The highest BCUT2D eigenvalue weighted by atomic mass is 16.5. The molecule has 130 valence electrons. The fourth-order valence-electron chi connectivity index (χ4n) is 3.56. The molecular formula is C18H25N3O3. The van der Waals surface area contributed by atoms with Crippen molar-refractivity contribution in [1.82, 2.24) is 9.80 Å². The molecule has 6 nitrogen and oxygen atoms in total. The van der Waals surface area contributed by atoms with Gasteiger partial charge < -0.3 is 19.9 Å². The number of amides is 3. The molecule has 1 aliphatic carbocycles. The van der Waals surface area contributed by atoms with Gasteiger partial charge in [0, 0.05) is 24.8 Å².